The van der Waals surface area contributed by atoms with Crippen molar-refractivity contribution < 1.29 is 24.5 Å². The summed E-state index contributed by atoms with van der Waals surface area (Å²) < 4.78 is 13.1. The van der Waals surface area contributed by atoms with E-state index in [9.17, 15) is 15.0 Å². The minimum Gasteiger partial charge on any atom is -0.395 e. The Morgan fingerprint density at radius 3 is 2.46 bits per heavy atom. The van der Waals surface area contributed by atoms with Crippen molar-refractivity contribution in [1.29, 1.82) is 0 Å². The molecule has 7 nitrogen and oxygen atoms in total. The highest BCUT2D eigenvalue weighted by atomic mass is 16.7. The van der Waals surface area contributed by atoms with Gasteiger partial charge in [0, 0.05) is 38.0 Å². The largest absolute Gasteiger partial charge is 0.395 e. The lowest BCUT2D eigenvalue weighted by molar-refractivity contribution is -0.253. The van der Waals surface area contributed by atoms with E-state index in [-0.39, 0.29) is 37.4 Å². The third kappa shape index (κ3) is 6.93. The molecule has 3 aromatic carbocycles. The van der Waals surface area contributed by atoms with Crippen LogP contribution in [0.3, 0.4) is 0 Å². The zero-order valence-electron chi connectivity index (χ0n) is 22.5. The summed E-state index contributed by atoms with van der Waals surface area (Å²) in [6.45, 7) is 3.91. The molecule has 0 spiro atoms. The number of amides is 1. The zero-order valence-corrected chi connectivity index (χ0v) is 22.5. The first-order valence-corrected chi connectivity index (χ1v) is 13.8. The lowest BCUT2D eigenvalue weighted by Gasteiger charge is -2.38. The summed E-state index contributed by atoms with van der Waals surface area (Å²) >= 11 is 0. The summed E-state index contributed by atoms with van der Waals surface area (Å²) in [6, 6.07) is 24.5. The maximum absolute atomic E-state index is 11.4. The van der Waals surface area contributed by atoms with Gasteiger partial charge in [0.25, 0.3) is 0 Å². The van der Waals surface area contributed by atoms with E-state index in [1.165, 1.54) is 6.92 Å². The monoisotopic (exact) mass is 530 g/mol. The molecular weight excluding hydrogens is 492 g/mol. The molecule has 2 aliphatic rings. The van der Waals surface area contributed by atoms with Crippen LogP contribution < -0.4 is 5.32 Å². The van der Waals surface area contributed by atoms with Gasteiger partial charge < -0.3 is 25.0 Å². The Hall–Kier alpha value is -3.07. The Labute approximate surface area is 230 Å². The van der Waals surface area contributed by atoms with E-state index in [4.69, 9.17) is 9.47 Å². The lowest BCUT2D eigenvalue weighted by Crippen LogP contribution is -2.42. The molecule has 2 fully saturated rings. The molecule has 2 saturated heterocycles. The van der Waals surface area contributed by atoms with Gasteiger partial charge in [-0.05, 0) is 59.3 Å². The third-order valence-electron chi connectivity index (χ3n) is 7.72. The first kappa shape index (κ1) is 27.5. The first-order valence-electron chi connectivity index (χ1n) is 13.8. The molecule has 0 unspecified atom stereocenters. The lowest BCUT2D eigenvalue weighted by atomic mass is 9.98. The van der Waals surface area contributed by atoms with E-state index < -0.39 is 6.29 Å². The molecule has 0 aliphatic carbocycles. The second-order valence-corrected chi connectivity index (χ2v) is 10.6. The SMILES string of the molecule is CC(=O)NCc1cccc(-c2cccc([C@H]3O[C@@H](CN4CCC[C@H]4CO)C[C@@H](c4ccc(CO)cc4)O3)c2)c1. The van der Waals surface area contributed by atoms with Crippen molar-refractivity contribution in [3.05, 3.63) is 95.1 Å². The first-order chi connectivity index (χ1) is 19.0. The van der Waals surface area contributed by atoms with Crippen LogP contribution in [0.4, 0.5) is 0 Å². The van der Waals surface area contributed by atoms with Gasteiger partial charge in [0.2, 0.25) is 5.91 Å². The van der Waals surface area contributed by atoms with Gasteiger partial charge in [-0.1, -0.05) is 60.7 Å². The summed E-state index contributed by atoms with van der Waals surface area (Å²) in [5.41, 5.74) is 6.03. The number of hydrogen-bond acceptors (Lipinski definition) is 6. The van der Waals surface area contributed by atoms with Crippen molar-refractivity contribution in [1.82, 2.24) is 10.2 Å². The fourth-order valence-electron chi connectivity index (χ4n) is 5.59. The van der Waals surface area contributed by atoms with Gasteiger partial charge in [-0.2, -0.15) is 0 Å². The van der Waals surface area contributed by atoms with Crippen molar-refractivity contribution >= 4 is 5.91 Å². The number of likely N-dealkylation sites (tertiary alicyclic amines) is 1. The number of rotatable bonds is 9. The molecule has 0 aromatic heterocycles. The molecule has 5 rings (SSSR count). The van der Waals surface area contributed by atoms with E-state index in [1.54, 1.807) is 0 Å². The number of nitrogens with zero attached hydrogens (tertiary/aromatic N) is 1. The third-order valence-corrected chi connectivity index (χ3v) is 7.72. The summed E-state index contributed by atoms with van der Waals surface area (Å²) in [4.78, 5) is 13.7. The number of hydrogen-bond donors (Lipinski definition) is 3. The molecule has 39 heavy (non-hydrogen) atoms. The van der Waals surface area contributed by atoms with E-state index in [0.717, 1.165) is 59.3 Å². The van der Waals surface area contributed by atoms with Crippen molar-refractivity contribution in [3.63, 3.8) is 0 Å². The highest BCUT2D eigenvalue weighted by Crippen LogP contribution is 2.39. The van der Waals surface area contributed by atoms with E-state index in [1.807, 2.05) is 48.5 Å². The Bertz CT molecular complexity index is 1250. The molecule has 0 saturated carbocycles. The van der Waals surface area contributed by atoms with Crippen LogP contribution in [-0.2, 0) is 27.4 Å². The fourth-order valence-corrected chi connectivity index (χ4v) is 5.59. The van der Waals surface area contributed by atoms with Gasteiger partial charge in [-0.25, -0.2) is 0 Å². The number of benzene rings is 3. The van der Waals surface area contributed by atoms with Crippen molar-refractivity contribution in [3.8, 4) is 11.1 Å². The van der Waals surface area contributed by atoms with Gasteiger partial charge >= 0.3 is 0 Å². The summed E-state index contributed by atoms with van der Waals surface area (Å²) in [6.07, 6.45) is 2.08. The number of aliphatic hydroxyl groups is 2. The highest BCUT2D eigenvalue weighted by molar-refractivity contribution is 5.73. The van der Waals surface area contributed by atoms with Gasteiger partial charge in [0.1, 0.15) is 0 Å². The predicted octanol–water partition coefficient (Wildman–Crippen LogP) is 4.48. The van der Waals surface area contributed by atoms with Crippen LogP contribution in [0.1, 0.15) is 60.8 Å². The summed E-state index contributed by atoms with van der Waals surface area (Å²) in [5.74, 6) is -0.0525. The number of aliphatic hydroxyl groups excluding tert-OH is 2. The van der Waals surface area contributed by atoms with Crippen molar-refractivity contribution in [2.45, 2.75) is 63.9 Å². The van der Waals surface area contributed by atoms with Gasteiger partial charge in [0.05, 0.1) is 25.4 Å². The number of carbonyl (C=O) groups excluding carboxylic acids is 1. The van der Waals surface area contributed by atoms with Gasteiger partial charge in [0.15, 0.2) is 6.29 Å². The average Bonchev–Trinajstić information content (AvgIpc) is 3.43. The number of nitrogens with one attached hydrogen (secondary N) is 1. The predicted molar refractivity (Wildman–Crippen MR) is 150 cm³/mol. The quantitative estimate of drug-likeness (QED) is 0.378. The van der Waals surface area contributed by atoms with Crippen molar-refractivity contribution in [2.24, 2.45) is 0 Å². The topological polar surface area (TPSA) is 91.3 Å². The molecule has 7 heteroatoms. The standard InChI is InChI=1S/C32H38N2O5/c1-22(37)33-18-24-5-2-6-26(15-24)27-7-3-8-28(16-27)32-38-30(19-34-14-4-9-29(34)21-36)17-31(39-32)25-12-10-23(20-35)11-13-25/h2-3,5-8,10-13,15-16,29-32,35-36H,4,9,14,17-21H2,1H3,(H,33,37)/t29-,30+,31-,32-/m0/s1. The molecule has 0 bridgehead atoms. The second kappa shape index (κ2) is 12.9. The average molecular weight is 531 g/mol. The van der Waals surface area contributed by atoms with Crippen LogP contribution in [0, 0.1) is 0 Å². The molecule has 1 amide bonds. The number of carbonyl (C=O) groups is 1. The Kier molecular flexibility index (Phi) is 9.06. The van der Waals surface area contributed by atoms with Crippen LogP contribution >= 0.6 is 0 Å². The van der Waals surface area contributed by atoms with Gasteiger partial charge in [-0.15, -0.1) is 0 Å². The second-order valence-electron chi connectivity index (χ2n) is 10.6. The minimum absolute atomic E-state index is 0.0104. The maximum atomic E-state index is 11.4. The van der Waals surface area contributed by atoms with E-state index in [0.29, 0.717) is 13.0 Å². The van der Waals surface area contributed by atoms with Crippen LogP contribution in [0.15, 0.2) is 72.8 Å². The van der Waals surface area contributed by atoms with Crippen LogP contribution in [-0.4, -0.2) is 52.9 Å². The molecule has 4 atom stereocenters. The van der Waals surface area contributed by atoms with Gasteiger partial charge in [-0.3, -0.25) is 9.69 Å². The maximum Gasteiger partial charge on any atom is 0.217 e. The Morgan fingerprint density at radius 1 is 0.949 bits per heavy atom. The molecule has 2 aliphatic heterocycles. The minimum atomic E-state index is -0.538. The molecule has 2 heterocycles. The van der Waals surface area contributed by atoms with Crippen LogP contribution in [0.25, 0.3) is 11.1 Å². The molecule has 3 aromatic rings. The van der Waals surface area contributed by atoms with E-state index >= 15 is 0 Å². The normalized spacial score (nSPS) is 23.6. The molecule has 0 radical (unpaired) electrons. The smallest absolute Gasteiger partial charge is 0.217 e. The molecule has 3 N–H and O–H groups in total. The zero-order chi connectivity index (χ0) is 27.2. The molecule has 206 valence electrons. The highest BCUT2D eigenvalue weighted by Gasteiger charge is 2.35. The van der Waals surface area contributed by atoms with Crippen LogP contribution in [0.2, 0.25) is 0 Å². The fraction of sp³-hybridized carbons (Fsp3) is 0.406. The van der Waals surface area contributed by atoms with Crippen molar-refractivity contribution in [2.75, 3.05) is 19.7 Å². The van der Waals surface area contributed by atoms with E-state index in [2.05, 4.69) is 34.5 Å². The number of ether oxygens (including phenoxy) is 2. The Balaban J connectivity index is 1.39. The van der Waals surface area contributed by atoms with Crippen LogP contribution in [0.5, 0.6) is 0 Å². The summed E-state index contributed by atoms with van der Waals surface area (Å²) in [5, 5.41) is 22.2. The summed E-state index contributed by atoms with van der Waals surface area (Å²) in [7, 11) is 0. The molecular formula is C32H38N2O5. The Morgan fingerprint density at radius 2 is 1.72 bits per heavy atom.